The largest absolute Gasteiger partial charge is 0.494 e. The van der Waals surface area contributed by atoms with E-state index in [0.29, 0.717) is 67.7 Å². The number of hydrogen-bond acceptors (Lipinski definition) is 10. The van der Waals surface area contributed by atoms with E-state index in [1.807, 2.05) is 61.5 Å². The van der Waals surface area contributed by atoms with Gasteiger partial charge in [0.05, 0.1) is 59.4 Å². The summed E-state index contributed by atoms with van der Waals surface area (Å²) >= 11 is 7.94. The first-order valence-electron chi connectivity index (χ1n) is 17.0. The molecule has 0 radical (unpaired) electrons. The van der Waals surface area contributed by atoms with Gasteiger partial charge in [-0.2, -0.15) is 0 Å². The molecule has 0 saturated carbocycles. The highest BCUT2D eigenvalue weighted by Gasteiger charge is 2.35. The summed E-state index contributed by atoms with van der Waals surface area (Å²) in [7, 11) is 1.50. The maximum atomic E-state index is 14.4. The van der Waals surface area contributed by atoms with Crippen LogP contribution in [0, 0.1) is 0 Å². The van der Waals surface area contributed by atoms with Gasteiger partial charge in [-0.05, 0) is 79.9 Å². The van der Waals surface area contributed by atoms with Gasteiger partial charge in [0, 0.05) is 5.56 Å². The highest BCUT2D eigenvalue weighted by atomic mass is 35.5. The number of rotatable bonds is 13. The van der Waals surface area contributed by atoms with E-state index >= 15 is 0 Å². The van der Waals surface area contributed by atoms with Gasteiger partial charge in [0.1, 0.15) is 12.4 Å². The molecule has 10 nitrogen and oxygen atoms in total. The van der Waals surface area contributed by atoms with Crippen LogP contribution in [0.25, 0.3) is 11.8 Å². The maximum Gasteiger partial charge on any atom is 0.338 e. The molecule has 53 heavy (non-hydrogen) atoms. The van der Waals surface area contributed by atoms with Gasteiger partial charge in [0.25, 0.3) is 5.56 Å². The van der Waals surface area contributed by atoms with Crippen molar-refractivity contribution in [1.29, 1.82) is 0 Å². The molecule has 1 atom stereocenters. The zero-order chi connectivity index (χ0) is 37.5. The average Bonchev–Trinajstić information content (AvgIpc) is 3.48. The Labute approximate surface area is 315 Å². The second-order valence-electron chi connectivity index (χ2n) is 11.7. The van der Waals surface area contributed by atoms with Gasteiger partial charge in [0.2, 0.25) is 0 Å². The van der Waals surface area contributed by atoms with Crippen LogP contribution in [0.5, 0.6) is 17.2 Å². The molecular weight excluding hydrogens is 716 g/mol. The van der Waals surface area contributed by atoms with Gasteiger partial charge in [-0.1, -0.05) is 77.5 Å². The van der Waals surface area contributed by atoms with E-state index in [1.165, 1.54) is 23.0 Å². The molecule has 1 aromatic heterocycles. The molecule has 0 fully saturated rings. The summed E-state index contributed by atoms with van der Waals surface area (Å²) in [6.45, 7) is 6.49. The van der Waals surface area contributed by atoms with Crippen molar-refractivity contribution in [2.24, 2.45) is 4.99 Å². The van der Waals surface area contributed by atoms with Gasteiger partial charge in [-0.3, -0.25) is 9.36 Å². The van der Waals surface area contributed by atoms with Crippen molar-refractivity contribution >= 4 is 46.6 Å². The molecule has 5 aromatic rings. The number of carbonyl (C=O) groups excluding carboxylic acids is 2. The fourth-order valence-electron chi connectivity index (χ4n) is 5.89. The van der Waals surface area contributed by atoms with Crippen molar-refractivity contribution < 1.29 is 33.3 Å². The summed E-state index contributed by atoms with van der Waals surface area (Å²) < 4.78 is 29.9. The lowest BCUT2D eigenvalue weighted by atomic mass is 9.93. The van der Waals surface area contributed by atoms with Crippen LogP contribution in [0.15, 0.2) is 106 Å². The fourth-order valence-corrected chi connectivity index (χ4v) is 7.16. The van der Waals surface area contributed by atoms with Gasteiger partial charge in [-0.25, -0.2) is 14.6 Å². The third-order valence-corrected chi connectivity index (χ3v) is 9.54. The summed E-state index contributed by atoms with van der Waals surface area (Å²) in [6, 6.07) is 26.2. The van der Waals surface area contributed by atoms with E-state index in [4.69, 9.17) is 40.3 Å². The molecule has 0 amide bonds. The molecule has 1 aliphatic heterocycles. The lowest BCUT2D eigenvalue weighted by Gasteiger charge is -2.26. The predicted octanol–water partition coefficient (Wildman–Crippen LogP) is 6.75. The number of halogens is 1. The first-order chi connectivity index (χ1) is 25.8. The number of methoxy groups -OCH3 is 1. The van der Waals surface area contributed by atoms with Crippen molar-refractivity contribution in [2.45, 2.75) is 33.4 Å². The van der Waals surface area contributed by atoms with Crippen molar-refractivity contribution in [3.05, 3.63) is 149 Å². The van der Waals surface area contributed by atoms with Crippen LogP contribution in [0.3, 0.4) is 0 Å². The second kappa shape index (κ2) is 16.8. The van der Waals surface area contributed by atoms with E-state index < -0.39 is 18.0 Å². The zero-order valence-corrected chi connectivity index (χ0v) is 31.2. The van der Waals surface area contributed by atoms with E-state index in [2.05, 4.69) is 0 Å². The molecule has 0 saturated heterocycles. The summed E-state index contributed by atoms with van der Waals surface area (Å²) in [5.41, 5.74) is 3.58. The van der Waals surface area contributed by atoms with Crippen LogP contribution >= 0.6 is 22.9 Å². The Hall–Kier alpha value is -5.65. The number of ether oxygens (including phenoxy) is 5. The smallest absolute Gasteiger partial charge is 0.338 e. The molecular formula is C41H37ClN2O8S. The number of thiazole rings is 1. The second-order valence-corrected chi connectivity index (χ2v) is 13.1. The number of esters is 2. The third kappa shape index (κ3) is 8.06. The van der Waals surface area contributed by atoms with Crippen LogP contribution in [0.2, 0.25) is 5.02 Å². The summed E-state index contributed by atoms with van der Waals surface area (Å²) in [4.78, 5) is 45.5. The summed E-state index contributed by atoms with van der Waals surface area (Å²) in [5, 5.41) is 0.273. The topological polar surface area (TPSA) is 115 Å². The van der Waals surface area contributed by atoms with Gasteiger partial charge < -0.3 is 23.7 Å². The van der Waals surface area contributed by atoms with Crippen molar-refractivity contribution in [2.75, 3.05) is 26.9 Å². The number of hydrogen-bond donors (Lipinski definition) is 0. The Morgan fingerprint density at radius 1 is 0.868 bits per heavy atom. The third-order valence-electron chi connectivity index (χ3n) is 8.28. The van der Waals surface area contributed by atoms with E-state index in [1.54, 1.807) is 56.3 Å². The quantitative estimate of drug-likeness (QED) is 0.121. The zero-order valence-electron chi connectivity index (χ0n) is 29.6. The van der Waals surface area contributed by atoms with E-state index in [9.17, 15) is 14.4 Å². The van der Waals surface area contributed by atoms with Crippen molar-refractivity contribution in [1.82, 2.24) is 4.57 Å². The normalized spacial score (nSPS) is 13.9. The van der Waals surface area contributed by atoms with Crippen molar-refractivity contribution in [3.63, 3.8) is 0 Å². The van der Waals surface area contributed by atoms with E-state index in [-0.39, 0.29) is 29.4 Å². The molecule has 0 bridgehead atoms. The predicted molar refractivity (Wildman–Crippen MR) is 203 cm³/mol. The molecule has 2 heterocycles. The van der Waals surface area contributed by atoms with Gasteiger partial charge >= 0.3 is 11.9 Å². The molecule has 0 N–H and O–H groups in total. The van der Waals surface area contributed by atoms with Crippen LogP contribution in [0.4, 0.5) is 0 Å². The minimum atomic E-state index is -0.835. The molecule has 0 spiro atoms. The van der Waals surface area contributed by atoms with Gasteiger partial charge in [-0.15, -0.1) is 0 Å². The molecule has 12 heteroatoms. The molecule has 1 aliphatic rings. The average molecular weight is 753 g/mol. The lowest BCUT2D eigenvalue weighted by Crippen LogP contribution is -2.40. The number of carbonyl (C=O) groups is 2. The van der Waals surface area contributed by atoms with Crippen LogP contribution in [-0.4, -0.2) is 43.4 Å². The first-order valence-corrected chi connectivity index (χ1v) is 18.2. The Kier molecular flexibility index (Phi) is 11.8. The van der Waals surface area contributed by atoms with Crippen molar-refractivity contribution in [3.8, 4) is 17.2 Å². The van der Waals surface area contributed by atoms with Crippen LogP contribution in [0.1, 0.15) is 59.4 Å². The van der Waals surface area contributed by atoms with Gasteiger partial charge in [0.15, 0.2) is 16.3 Å². The minimum absolute atomic E-state index is 0.148. The Bertz CT molecular complexity index is 2330. The number of fused-ring (bicyclic) bond motifs is 1. The molecule has 0 aliphatic carbocycles. The number of benzene rings is 4. The Balaban J connectivity index is 1.41. The lowest BCUT2D eigenvalue weighted by molar-refractivity contribution is -0.138. The minimum Gasteiger partial charge on any atom is -0.494 e. The molecule has 4 aromatic carbocycles. The highest BCUT2D eigenvalue weighted by molar-refractivity contribution is 7.07. The Morgan fingerprint density at radius 3 is 2.23 bits per heavy atom. The highest BCUT2D eigenvalue weighted by Crippen LogP contribution is 2.38. The molecule has 272 valence electrons. The monoisotopic (exact) mass is 752 g/mol. The van der Waals surface area contributed by atoms with Crippen LogP contribution in [-0.2, 0) is 20.9 Å². The van der Waals surface area contributed by atoms with E-state index in [0.717, 1.165) is 5.56 Å². The Morgan fingerprint density at radius 2 is 1.57 bits per heavy atom. The first kappa shape index (κ1) is 37.1. The summed E-state index contributed by atoms with van der Waals surface area (Å²) in [6.07, 6.45) is 1.71. The standard InChI is InChI=1S/C41H37ClN2O8S/c1-5-49-30-19-17-28(18-20-30)36-34(40(47)51-7-3)35(27-11-9-8-10-12-27)43-41-44(36)38(45)33(53-41)23-26-21-31(42)37(32(22-26)48-4)52-24-25-13-15-29(16-14-25)39(46)50-6-2/h8-23,36H,5-7,24H2,1-4H3/b33-23-/t36-/m0/s1. The van der Waals surface area contributed by atoms with Crippen LogP contribution < -0.4 is 29.1 Å². The maximum absolute atomic E-state index is 14.4. The molecule has 0 unspecified atom stereocenters. The number of nitrogens with zero attached hydrogens (tertiary/aromatic N) is 2. The number of aromatic nitrogens is 1. The SMILES string of the molecule is CCOC(=O)C1=C(c2ccccc2)N=c2s/c(=C\c3cc(Cl)c(OCc4ccc(C(=O)OCC)cc4)c(OC)c3)c(=O)n2[C@H]1c1ccc(OCC)cc1. The fraction of sp³-hybridized carbons (Fsp3) is 0.220. The molecule has 6 rings (SSSR count). The summed E-state index contributed by atoms with van der Waals surface area (Å²) in [5.74, 6) is 0.395.